The van der Waals surface area contributed by atoms with E-state index >= 15 is 0 Å². The number of amides is 1. The first-order valence-electron chi connectivity index (χ1n) is 9.35. The summed E-state index contributed by atoms with van der Waals surface area (Å²) in [6.07, 6.45) is -0.920. The largest absolute Gasteiger partial charge is 0.476 e. The summed E-state index contributed by atoms with van der Waals surface area (Å²) in [7, 11) is -3.83. The molecule has 1 N–H and O–H groups in total. The summed E-state index contributed by atoms with van der Waals surface area (Å²) < 4.78 is 33.7. The van der Waals surface area contributed by atoms with Crippen molar-refractivity contribution in [3.63, 3.8) is 0 Å². The molecule has 28 heavy (non-hydrogen) atoms. The highest BCUT2D eigenvalue weighted by molar-refractivity contribution is 7.92. The quantitative estimate of drug-likeness (QED) is 0.834. The highest BCUT2D eigenvalue weighted by atomic mass is 32.2. The number of hydrogen-bond acceptors (Lipinski definition) is 4. The lowest BCUT2D eigenvalue weighted by Crippen LogP contribution is -2.52. The van der Waals surface area contributed by atoms with Crippen LogP contribution in [0.5, 0.6) is 5.75 Å². The maximum atomic E-state index is 13.3. The van der Waals surface area contributed by atoms with E-state index in [9.17, 15) is 13.2 Å². The van der Waals surface area contributed by atoms with E-state index in [1.54, 1.807) is 48.5 Å². The van der Waals surface area contributed by atoms with Crippen molar-refractivity contribution in [3.05, 3.63) is 54.1 Å². The minimum absolute atomic E-state index is 0.0459. The molecule has 7 heteroatoms. The Labute approximate surface area is 166 Å². The van der Waals surface area contributed by atoms with Gasteiger partial charge < -0.3 is 10.1 Å². The Morgan fingerprint density at radius 2 is 1.75 bits per heavy atom. The zero-order valence-corrected chi connectivity index (χ0v) is 17.4. The summed E-state index contributed by atoms with van der Waals surface area (Å²) in [5.74, 6) is 0.314. The highest BCUT2D eigenvalue weighted by Gasteiger charge is 2.37. The lowest BCUT2D eigenvalue weighted by atomic mass is 10.1. The maximum absolute atomic E-state index is 13.3. The Morgan fingerprint density at radius 1 is 1.11 bits per heavy atom. The van der Waals surface area contributed by atoms with E-state index in [-0.39, 0.29) is 29.3 Å². The molecule has 2 aromatic carbocycles. The molecule has 3 rings (SSSR count). The molecular formula is C21H26N2O4S. The molecule has 0 radical (unpaired) electrons. The van der Waals surface area contributed by atoms with Gasteiger partial charge in [0.05, 0.1) is 17.1 Å². The number of anilines is 1. The van der Waals surface area contributed by atoms with Gasteiger partial charge in [0, 0.05) is 6.04 Å². The average Bonchev–Trinajstić information content (AvgIpc) is 2.67. The smallest absolute Gasteiger partial charge is 0.264 e. The predicted octanol–water partition coefficient (Wildman–Crippen LogP) is 3.11. The molecule has 1 aliphatic rings. The molecule has 0 unspecified atom stereocenters. The van der Waals surface area contributed by atoms with Crippen LogP contribution in [0.25, 0.3) is 0 Å². The van der Waals surface area contributed by atoms with E-state index in [4.69, 9.17) is 4.74 Å². The van der Waals surface area contributed by atoms with Crippen molar-refractivity contribution in [1.29, 1.82) is 0 Å². The number of aryl methyl sites for hydroxylation is 1. The number of sulfonamides is 1. The van der Waals surface area contributed by atoms with Crippen LogP contribution in [-0.4, -0.2) is 33.0 Å². The third-order valence-electron chi connectivity index (χ3n) is 5.01. The lowest BCUT2D eigenvalue weighted by molar-refractivity contribution is -0.128. The number of carbonyl (C=O) groups excluding carboxylic acids is 1. The second kappa shape index (κ2) is 7.83. The van der Waals surface area contributed by atoms with Crippen LogP contribution in [0.4, 0.5) is 5.69 Å². The summed E-state index contributed by atoms with van der Waals surface area (Å²) in [5.41, 5.74) is 1.41. The third kappa shape index (κ3) is 3.99. The summed E-state index contributed by atoms with van der Waals surface area (Å²) in [5, 5.41) is 2.91. The van der Waals surface area contributed by atoms with Gasteiger partial charge in [-0.05, 0) is 44.0 Å². The van der Waals surface area contributed by atoms with Crippen LogP contribution in [0.2, 0.25) is 0 Å². The van der Waals surface area contributed by atoms with Crippen LogP contribution < -0.4 is 14.4 Å². The Bertz CT molecular complexity index is 955. The van der Waals surface area contributed by atoms with Crippen molar-refractivity contribution in [1.82, 2.24) is 5.32 Å². The Balaban J connectivity index is 1.96. The van der Waals surface area contributed by atoms with Crippen molar-refractivity contribution in [2.75, 3.05) is 10.8 Å². The van der Waals surface area contributed by atoms with Gasteiger partial charge in [-0.1, -0.05) is 43.7 Å². The van der Waals surface area contributed by atoms with E-state index in [1.807, 2.05) is 27.7 Å². The van der Waals surface area contributed by atoms with Crippen molar-refractivity contribution < 1.29 is 17.9 Å². The second-order valence-corrected chi connectivity index (χ2v) is 9.33. The van der Waals surface area contributed by atoms with Crippen LogP contribution in [-0.2, 0) is 14.8 Å². The zero-order valence-electron chi connectivity index (χ0n) is 16.5. The maximum Gasteiger partial charge on any atom is 0.264 e. The molecule has 0 spiro atoms. The number of rotatable bonds is 5. The van der Waals surface area contributed by atoms with Gasteiger partial charge in [-0.2, -0.15) is 0 Å². The molecule has 1 aliphatic heterocycles. The van der Waals surface area contributed by atoms with Crippen LogP contribution in [0.3, 0.4) is 0 Å². The Hall–Kier alpha value is -2.54. The molecule has 0 fully saturated rings. The Kier molecular flexibility index (Phi) is 5.65. The van der Waals surface area contributed by atoms with Crippen LogP contribution in [0.1, 0.15) is 26.3 Å². The minimum atomic E-state index is -3.83. The first kappa shape index (κ1) is 20.2. The van der Waals surface area contributed by atoms with E-state index in [1.165, 1.54) is 4.31 Å². The molecule has 2 aromatic rings. The topological polar surface area (TPSA) is 75.7 Å². The molecule has 1 amide bonds. The van der Waals surface area contributed by atoms with Crippen molar-refractivity contribution in [3.8, 4) is 5.75 Å². The van der Waals surface area contributed by atoms with E-state index < -0.39 is 16.1 Å². The molecule has 0 aromatic heterocycles. The molecule has 0 saturated heterocycles. The molecule has 0 bridgehead atoms. The van der Waals surface area contributed by atoms with Crippen molar-refractivity contribution in [2.45, 2.75) is 44.7 Å². The highest BCUT2D eigenvalue weighted by Crippen LogP contribution is 2.36. The van der Waals surface area contributed by atoms with Crippen LogP contribution >= 0.6 is 0 Å². The molecule has 150 valence electrons. The number of carbonyl (C=O) groups is 1. The number of nitrogens with zero attached hydrogens (tertiary/aromatic N) is 1. The second-order valence-electron chi connectivity index (χ2n) is 7.46. The van der Waals surface area contributed by atoms with E-state index in [2.05, 4.69) is 5.32 Å². The van der Waals surface area contributed by atoms with Gasteiger partial charge in [0.25, 0.3) is 15.9 Å². The van der Waals surface area contributed by atoms with Gasteiger partial charge in [0.15, 0.2) is 6.10 Å². The van der Waals surface area contributed by atoms with Crippen LogP contribution in [0.15, 0.2) is 53.4 Å². The predicted molar refractivity (Wildman–Crippen MR) is 109 cm³/mol. The fourth-order valence-electron chi connectivity index (χ4n) is 2.89. The number of para-hydroxylation sites is 2. The van der Waals surface area contributed by atoms with Gasteiger partial charge in [0.2, 0.25) is 0 Å². The van der Waals surface area contributed by atoms with Gasteiger partial charge >= 0.3 is 0 Å². The molecule has 0 saturated carbocycles. The fraction of sp³-hybridized carbons (Fsp3) is 0.381. The molecule has 6 nitrogen and oxygen atoms in total. The summed E-state index contributed by atoms with van der Waals surface area (Å²) in [6, 6.07) is 13.5. The summed E-state index contributed by atoms with van der Waals surface area (Å²) >= 11 is 0. The average molecular weight is 403 g/mol. The normalized spacial score (nSPS) is 17.6. The van der Waals surface area contributed by atoms with Crippen LogP contribution in [0, 0.1) is 12.8 Å². The molecule has 1 heterocycles. The summed E-state index contributed by atoms with van der Waals surface area (Å²) in [6.45, 7) is 7.76. The van der Waals surface area contributed by atoms with Crippen molar-refractivity contribution in [2.24, 2.45) is 5.92 Å². The van der Waals surface area contributed by atoms with E-state index in [0.29, 0.717) is 11.4 Å². The number of benzene rings is 2. The number of fused-ring (bicyclic) bond motifs is 1. The number of nitrogens with one attached hydrogen (secondary N) is 1. The van der Waals surface area contributed by atoms with Gasteiger partial charge in [-0.15, -0.1) is 0 Å². The standard InChI is InChI=1S/C21H26N2O4S/c1-14(2)16(4)22-21(24)20-13-23(18-7-5-6-8-19(18)27-20)28(25,26)17-11-9-15(3)10-12-17/h5-12,14,16,20H,13H2,1-4H3,(H,22,24)/t16-,20-/m0/s1. The fourth-order valence-corrected chi connectivity index (χ4v) is 4.36. The molecular weight excluding hydrogens is 376 g/mol. The van der Waals surface area contributed by atoms with Crippen molar-refractivity contribution >= 4 is 21.6 Å². The van der Waals surface area contributed by atoms with Gasteiger partial charge in [0.1, 0.15) is 5.75 Å². The summed E-state index contributed by atoms with van der Waals surface area (Å²) in [4.78, 5) is 12.9. The minimum Gasteiger partial charge on any atom is -0.476 e. The van der Waals surface area contributed by atoms with E-state index in [0.717, 1.165) is 5.56 Å². The third-order valence-corrected chi connectivity index (χ3v) is 6.80. The van der Waals surface area contributed by atoms with Gasteiger partial charge in [-0.3, -0.25) is 9.10 Å². The first-order chi connectivity index (χ1) is 13.2. The molecule has 0 aliphatic carbocycles. The number of hydrogen-bond donors (Lipinski definition) is 1. The lowest BCUT2D eigenvalue weighted by Gasteiger charge is -2.35. The zero-order chi connectivity index (χ0) is 20.5. The Morgan fingerprint density at radius 3 is 2.39 bits per heavy atom. The van der Waals surface area contributed by atoms with Gasteiger partial charge in [-0.25, -0.2) is 8.42 Å². The first-order valence-corrected chi connectivity index (χ1v) is 10.8. The SMILES string of the molecule is Cc1ccc(S(=O)(=O)N2C[C@@H](C(=O)N[C@@H](C)C(C)C)Oc3ccccc32)cc1. The monoisotopic (exact) mass is 402 g/mol. The molecule has 2 atom stereocenters. The number of ether oxygens (including phenoxy) is 1.